The van der Waals surface area contributed by atoms with Crippen molar-refractivity contribution in [2.24, 2.45) is 0 Å². The highest BCUT2D eigenvalue weighted by molar-refractivity contribution is 7.90. The van der Waals surface area contributed by atoms with E-state index in [9.17, 15) is 21.6 Å². The molecular weight excluding hydrogens is 449 g/mol. The van der Waals surface area contributed by atoms with E-state index < -0.39 is 22.4 Å². The summed E-state index contributed by atoms with van der Waals surface area (Å²) in [7, 11) is -1.99. The molecule has 0 bridgehead atoms. The van der Waals surface area contributed by atoms with Crippen molar-refractivity contribution in [2.45, 2.75) is 17.5 Å². The first kappa shape index (κ1) is 22.8. The topological polar surface area (TPSA) is 81.4 Å². The summed E-state index contributed by atoms with van der Waals surface area (Å²) in [4.78, 5) is 0.288. The zero-order valence-electron chi connectivity index (χ0n) is 16.6. The van der Waals surface area contributed by atoms with E-state index in [-0.39, 0.29) is 21.9 Å². The summed E-state index contributed by atoms with van der Waals surface area (Å²) in [5, 5.41) is 3.30. The molecule has 3 rings (SSSR count). The number of anilines is 2. The first-order chi connectivity index (χ1) is 14.6. The molecule has 1 atom stereocenters. The normalized spacial score (nSPS) is 12.5. The molecule has 1 unspecified atom stereocenters. The summed E-state index contributed by atoms with van der Waals surface area (Å²) in [6.45, 7) is 0.0867. The highest BCUT2D eigenvalue weighted by Gasteiger charge is 2.28. The standard InChI is InChI=1S/C21H19F3N2O3S2/c1-29-16-11-12(31(2,27)28)8-9-15(16)26-10-4-7-17-18(19(22)21(23)24)13-5-3-6-14(25)20(13)30-17/h3,5-6,8-9,11,19,21,26H,10,25H2,1-2H3. The number of fused-ring (bicyclic) bond motifs is 1. The molecule has 0 aliphatic carbocycles. The lowest BCUT2D eigenvalue weighted by molar-refractivity contribution is 0.0504. The molecule has 3 aromatic rings. The van der Waals surface area contributed by atoms with E-state index in [2.05, 4.69) is 17.2 Å². The van der Waals surface area contributed by atoms with E-state index in [1.165, 1.54) is 25.3 Å². The molecule has 0 spiro atoms. The van der Waals surface area contributed by atoms with Crippen molar-refractivity contribution in [3.05, 3.63) is 46.8 Å². The predicted octanol–water partition coefficient (Wildman–Crippen LogP) is 4.63. The molecule has 0 fully saturated rings. The second-order valence-electron chi connectivity index (χ2n) is 6.59. The number of alkyl halides is 3. The number of hydrogen-bond donors (Lipinski definition) is 2. The number of nitrogens with one attached hydrogen (secondary N) is 1. The summed E-state index contributed by atoms with van der Waals surface area (Å²) >= 11 is 1.06. The number of hydrogen-bond acceptors (Lipinski definition) is 6. The van der Waals surface area contributed by atoms with E-state index in [0.29, 0.717) is 27.2 Å². The van der Waals surface area contributed by atoms with Crippen LogP contribution in [-0.4, -0.2) is 34.8 Å². The van der Waals surface area contributed by atoms with Gasteiger partial charge in [0.15, 0.2) is 16.0 Å². The van der Waals surface area contributed by atoms with Crippen LogP contribution in [0.5, 0.6) is 5.75 Å². The average Bonchev–Trinajstić information content (AvgIpc) is 3.09. The van der Waals surface area contributed by atoms with Gasteiger partial charge in [-0.2, -0.15) is 0 Å². The Kier molecular flexibility index (Phi) is 6.67. The number of sulfone groups is 1. The summed E-state index contributed by atoms with van der Waals surface area (Å²) in [5.41, 5.74) is 6.61. The number of benzene rings is 2. The van der Waals surface area contributed by atoms with Crippen LogP contribution in [0.1, 0.15) is 16.6 Å². The van der Waals surface area contributed by atoms with Crippen LogP contribution in [0, 0.1) is 11.8 Å². The molecule has 5 nitrogen and oxygen atoms in total. The number of methoxy groups -OCH3 is 1. The lowest BCUT2D eigenvalue weighted by atomic mass is 10.1. The van der Waals surface area contributed by atoms with E-state index in [1.54, 1.807) is 18.2 Å². The van der Waals surface area contributed by atoms with Crippen LogP contribution < -0.4 is 15.8 Å². The van der Waals surface area contributed by atoms with Crippen molar-refractivity contribution in [1.29, 1.82) is 0 Å². The van der Waals surface area contributed by atoms with E-state index in [0.717, 1.165) is 17.6 Å². The van der Waals surface area contributed by atoms with Gasteiger partial charge >= 0.3 is 0 Å². The van der Waals surface area contributed by atoms with Crippen LogP contribution in [0.2, 0.25) is 0 Å². The van der Waals surface area contributed by atoms with Crippen LogP contribution in [0.25, 0.3) is 10.1 Å². The fourth-order valence-electron chi connectivity index (χ4n) is 2.96. The third kappa shape index (κ3) is 4.89. The van der Waals surface area contributed by atoms with Gasteiger partial charge in [-0.05, 0) is 18.2 Å². The van der Waals surface area contributed by atoms with Crippen molar-refractivity contribution < 1.29 is 26.3 Å². The Morgan fingerprint density at radius 1 is 1.23 bits per heavy atom. The third-order valence-corrected chi connectivity index (χ3v) is 6.75. The van der Waals surface area contributed by atoms with Gasteiger partial charge in [0.25, 0.3) is 6.43 Å². The molecule has 2 aromatic carbocycles. The summed E-state index contributed by atoms with van der Waals surface area (Å²) in [5.74, 6) is 5.84. The van der Waals surface area contributed by atoms with E-state index in [4.69, 9.17) is 10.5 Å². The van der Waals surface area contributed by atoms with Gasteiger partial charge < -0.3 is 15.8 Å². The summed E-state index contributed by atoms with van der Waals surface area (Å²) in [6, 6.07) is 9.09. The molecule has 0 aliphatic heterocycles. The lowest BCUT2D eigenvalue weighted by Crippen LogP contribution is -2.05. The number of rotatable bonds is 6. The monoisotopic (exact) mass is 468 g/mol. The Hall–Kier alpha value is -2.90. The Balaban J connectivity index is 1.88. The zero-order chi connectivity index (χ0) is 22.8. The fourth-order valence-corrected chi connectivity index (χ4v) is 4.73. The smallest absolute Gasteiger partial charge is 0.273 e. The van der Waals surface area contributed by atoms with Crippen molar-refractivity contribution in [1.82, 2.24) is 0 Å². The van der Waals surface area contributed by atoms with Gasteiger partial charge in [0.2, 0.25) is 0 Å². The predicted molar refractivity (Wildman–Crippen MR) is 118 cm³/mol. The molecule has 1 aromatic heterocycles. The van der Waals surface area contributed by atoms with Crippen molar-refractivity contribution in [3.63, 3.8) is 0 Å². The lowest BCUT2D eigenvalue weighted by Gasteiger charge is -2.10. The maximum Gasteiger partial charge on any atom is 0.273 e. The third-order valence-electron chi connectivity index (χ3n) is 4.45. The first-order valence-electron chi connectivity index (χ1n) is 8.97. The van der Waals surface area contributed by atoms with Gasteiger partial charge in [-0.3, -0.25) is 0 Å². The van der Waals surface area contributed by atoms with Crippen LogP contribution >= 0.6 is 11.3 Å². The van der Waals surface area contributed by atoms with Gasteiger partial charge in [-0.25, -0.2) is 21.6 Å². The van der Waals surface area contributed by atoms with Gasteiger partial charge in [0, 0.05) is 29.0 Å². The molecule has 31 heavy (non-hydrogen) atoms. The minimum Gasteiger partial charge on any atom is -0.495 e. The number of nitrogen functional groups attached to an aromatic ring is 1. The number of ether oxygens (including phenoxy) is 1. The van der Waals surface area contributed by atoms with E-state index in [1.807, 2.05) is 0 Å². The second-order valence-corrected chi connectivity index (χ2v) is 9.63. The van der Waals surface area contributed by atoms with Gasteiger partial charge in [0.05, 0.1) is 33.8 Å². The second kappa shape index (κ2) is 9.08. The molecular formula is C21H19F3N2O3S2. The number of nitrogens with two attached hydrogens (primary N) is 1. The molecule has 164 valence electrons. The average molecular weight is 469 g/mol. The molecule has 0 saturated heterocycles. The van der Waals surface area contributed by atoms with E-state index >= 15 is 0 Å². The van der Waals surface area contributed by atoms with Crippen LogP contribution in [0.15, 0.2) is 41.3 Å². The number of halogens is 3. The van der Waals surface area contributed by atoms with Crippen molar-refractivity contribution in [3.8, 4) is 17.6 Å². The molecule has 0 saturated carbocycles. The zero-order valence-corrected chi connectivity index (χ0v) is 18.2. The first-order valence-corrected chi connectivity index (χ1v) is 11.7. The van der Waals surface area contributed by atoms with Crippen LogP contribution in [-0.2, 0) is 9.84 Å². The molecule has 0 aliphatic rings. The SMILES string of the molecule is COc1cc(S(C)(=O)=O)ccc1NCC#Cc1sc2c(N)cccc2c1C(F)C(F)F. The van der Waals surface area contributed by atoms with Gasteiger partial charge in [0.1, 0.15) is 5.75 Å². The van der Waals surface area contributed by atoms with Gasteiger partial charge in [-0.1, -0.05) is 24.0 Å². The maximum absolute atomic E-state index is 14.3. The van der Waals surface area contributed by atoms with Gasteiger partial charge in [-0.15, -0.1) is 11.3 Å². The largest absolute Gasteiger partial charge is 0.495 e. The molecule has 1 heterocycles. The number of thiophene rings is 1. The summed E-state index contributed by atoms with van der Waals surface area (Å²) < 4.78 is 69.5. The Bertz CT molecular complexity index is 1280. The van der Waals surface area contributed by atoms with Crippen molar-refractivity contribution >= 4 is 42.6 Å². The summed E-state index contributed by atoms with van der Waals surface area (Å²) in [6.07, 6.45) is -4.57. The van der Waals surface area contributed by atoms with Crippen LogP contribution in [0.4, 0.5) is 24.5 Å². The Morgan fingerprint density at radius 3 is 2.61 bits per heavy atom. The Labute approximate surface area is 181 Å². The Morgan fingerprint density at radius 2 is 1.97 bits per heavy atom. The highest BCUT2D eigenvalue weighted by Crippen LogP contribution is 2.41. The minimum absolute atomic E-state index is 0.0867. The van der Waals surface area contributed by atoms with Crippen molar-refractivity contribution in [2.75, 3.05) is 31.0 Å². The maximum atomic E-state index is 14.3. The fraction of sp³-hybridized carbons (Fsp3) is 0.238. The van der Waals surface area contributed by atoms with Crippen LogP contribution in [0.3, 0.4) is 0 Å². The molecule has 10 heteroatoms. The highest BCUT2D eigenvalue weighted by atomic mass is 32.2. The minimum atomic E-state index is -3.39. The quantitative estimate of drug-likeness (QED) is 0.407. The molecule has 0 amide bonds. The molecule has 0 radical (unpaired) electrons. The molecule has 3 N–H and O–H groups in total.